The Morgan fingerprint density at radius 1 is 1.07 bits per heavy atom. The van der Waals surface area contributed by atoms with Gasteiger partial charge in [0.25, 0.3) is 5.55 Å². The van der Waals surface area contributed by atoms with Crippen LogP contribution in [0.25, 0.3) is 0 Å². The Hall–Kier alpha value is -1.14. The molecule has 0 aliphatic carbocycles. The van der Waals surface area contributed by atoms with Gasteiger partial charge in [-0.05, 0) is 18.1 Å². The average Bonchev–Trinajstić information content (AvgIpc) is 2.15. The minimum atomic E-state index is -2.83. The van der Waals surface area contributed by atoms with Crippen LogP contribution in [-0.4, -0.2) is 13.6 Å². The molecular formula is C12H14F2Si. The predicted octanol–water partition coefficient (Wildman–Crippen LogP) is 3.55. The van der Waals surface area contributed by atoms with Gasteiger partial charge in [-0.3, -0.25) is 0 Å². The zero-order valence-corrected chi connectivity index (χ0v) is 10.1. The molecule has 1 rings (SSSR count). The van der Waals surface area contributed by atoms with Gasteiger partial charge >= 0.3 is 0 Å². The van der Waals surface area contributed by atoms with Crippen LogP contribution < -0.4 is 0 Å². The van der Waals surface area contributed by atoms with Gasteiger partial charge in [0.1, 0.15) is 8.07 Å². The normalized spacial score (nSPS) is 11.8. The SMILES string of the molecule is C[Si](C)(C)C(F)(F)C#Cc1ccccc1. The number of halogens is 2. The summed E-state index contributed by atoms with van der Waals surface area (Å²) in [7, 11) is -2.55. The Morgan fingerprint density at radius 2 is 1.60 bits per heavy atom. The van der Waals surface area contributed by atoms with Gasteiger partial charge in [-0.15, -0.1) is 0 Å². The first-order valence-electron chi connectivity index (χ1n) is 4.79. The van der Waals surface area contributed by atoms with E-state index in [1.165, 1.54) is 0 Å². The van der Waals surface area contributed by atoms with E-state index < -0.39 is 13.6 Å². The molecule has 0 nitrogen and oxygen atoms in total. The molecule has 80 valence electrons. The number of alkyl halides is 2. The molecule has 1 aromatic carbocycles. The van der Waals surface area contributed by atoms with Crippen LogP contribution in [0, 0.1) is 11.8 Å². The Morgan fingerprint density at radius 3 is 2.07 bits per heavy atom. The molecule has 15 heavy (non-hydrogen) atoms. The molecule has 0 amide bonds. The van der Waals surface area contributed by atoms with Crippen LogP contribution in [0.5, 0.6) is 0 Å². The third-order valence-corrected chi connectivity index (χ3v) is 4.09. The summed E-state index contributed by atoms with van der Waals surface area (Å²) in [5, 5.41) is 0. The van der Waals surface area contributed by atoms with Gasteiger partial charge in [0, 0.05) is 5.56 Å². The quantitative estimate of drug-likeness (QED) is 0.505. The van der Waals surface area contributed by atoms with Crippen molar-refractivity contribution in [3.8, 4) is 11.8 Å². The zero-order chi connectivity index (χ0) is 11.5. The van der Waals surface area contributed by atoms with E-state index in [2.05, 4.69) is 11.8 Å². The standard InChI is InChI=1S/C12H14F2Si/c1-15(2,3)12(13,14)10-9-11-7-5-4-6-8-11/h4-8H,1-3H3. The molecule has 0 aliphatic heterocycles. The van der Waals surface area contributed by atoms with Gasteiger partial charge in [0.05, 0.1) is 0 Å². The van der Waals surface area contributed by atoms with Gasteiger partial charge in [0.15, 0.2) is 0 Å². The van der Waals surface area contributed by atoms with E-state index in [9.17, 15) is 8.78 Å². The monoisotopic (exact) mass is 224 g/mol. The van der Waals surface area contributed by atoms with Gasteiger partial charge < -0.3 is 0 Å². The van der Waals surface area contributed by atoms with Crippen molar-refractivity contribution in [2.24, 2.45) is 0 Å². The maximum absolute atomic E-state index is 13.5. The second kappa shape index (κ2) is 4.16. The summed E-state index contributed by atoms with van der Waals surface area (Å²) in [6.07, 6.45) is 0. The van der Waals surface area contributed by atoms with Gasteiger partial charge in [-0.25, -0.2) is 0 Å². The maximum atomic E-state index is 13.5. The first kappa shape index (κ1) is 11.9. The van der Waals surface area contributed by atoms with E-state index in [-0.39, 0.29) is 0 Å². The smallest absolute Gasteiger partial charge is 0.198 e. The molecule has 0 saturated carbocycles. The van der Waals surface area contributed by atoms with Crippen molar-refractivity contribution >= 4 is 8.07 Å². The molecule has 1 aromatic rings. The molecule has 0 spiro atoms. The fraction of sp³-hybridized carbons (Fsp3) is 0.333. The van der Waals surface area contributed by atoms with E-state index >= 15 is 0 Å². The van der Waals surface area contributed by atoms with Crippen LogP contribution in [-0.2, 0) is 0 Å². The molecular weight excluding hydrogens is 210 g/mol. The molecule has 0 aromatic heterocycles. The summed E-state index contributed by atoms with van der Waals surface area (Å²) in [4.78, 5) is 0. The van der Waals surface area contributed by atoms with E-state index in [0.717, 1.165) is 0 Å². The van der Waals surface area contributed by atoms with Crippen LogP contribution in [0.15, 0.2) is 30.3 Å². The summed E-state index contributed by atoms with van der Waals surface area (Å²) in [5.41, 5.74) is -2.20. The van der Waals surface area contributed by atoms with Crippen LogP contribution in [0.2, 0.25) is 19.6 Å². The van der Waals surface area contributed by atoms with Crippen molar-refractivity contribution in [1.29, 1.82) is 0 Å². The summed E-state index contributed by atoms with van der Waals surface area (Å²) < 4.78 is 27.0. The molecule has 0 saturated heterocycles. The number of hydrogen-bond donors (Lipinski definition) is 0. The predicted molar refractivity (Wildman–Crippen MR) is 61.6 cm³/mol. The van der Waals surface area contributed by atoms with Crippen molar-refractivity contribution in [1.82, 2.24) is 0 Å². The van der Waals surface area contributed by atoms with E-state index in [1.807, 2.05) is 6.07 Å². The molecule has 0 radical (unpaired) electrons. The Labute approximate surface area is 90.3 Å². The summed E-state index contributed by atoms with van der Waals surface area (Å²) in [5.74, 6) is 4.62. The first-order valence-corrected chi connectivity index (χ1v) is 8.29. The second-order valence-electron chi connectivity index (χ2n) is 4.44. The summed E-state index contributed by atoms with van der Waals surface area (Å²) >= 11 is 0. The summed E-state index contributed by atoms with van der Waals surface area (Å²) in [6, 6.07) is 8.87. The minimum absolute atomic E-state index is 0.635. The van der Waals surface area contributed by atoms with Gasteiger partial charge in [0.2, 0.25) is 0 Å². The molecule has 0 aliphatic rings. The first-order chi connectivity index (χ1) is 6.83. The zero-order valence-electron chi connectivity index (χ0n) is 9.14. The summed E-state index contributed by atoms with van der Waals surface area (Å²) in [6.45, 7) is 4.85. The lowest BCUT2D eigenvalue weighted by atomic mass is 10.2. The van der Waals surface area contributed by atoms with Crippen LogP contribution in [0.3, 0.4) is 0 Å². The largest absolute Gasteiger partial charge is 0.286 e. The molecule has 0 fully saturated rings. The lowest BCUT2D eigenvalue weighted by Gasteiger charge is -2.22. The van der Waals surface area contributed by atoms with E-state index in [0.29, 0.717) is 5.56 Å². The molecule has 0 unspecified atom stereocenters. The minimum Gasteiger partial charge on any atom is -0.198 e. The van der Waals surface area contributed by atoms with Crippen LogP contribution in [0.4, 0.5) is 8.78 Å². The van der Waals surface area contributed by atoms with Gasteiger partial charge in [-0.2, -0.15) is 8.78 Å². The Bertz CT molecular complexity index is 380. The number of hydrogen-bond acceptors (Lipinski definition) is 0. The van der Waals surface area contributed by atoms with Crippen LogP contribution >= 0.6 is 0 Å². The third-order valence-electron chi connectivity index (χ3n) is 2.08. The van der Waals surface area contributed by atoms with Crippen molar-refractivity contribution in [3.63, 3.8) is 0 Å². The average molecular weight is 224 g/mol. The number of benzene rings is 1. The second-order valence-corrected chi connectivity index (χ2v) is 9.57. The highest BCUT2D eigenvalue weighted by Gasteiger charge is 2.43. The molecule has 3 heteroatoms. The number of rotatable bonds is 1. The highest BCUT2D eigenvalue weighted by molar-refractivity contribution is 6.79. The van der Waals surface area contributed by atoms with Crippen molar-refractivity contribution in [3.05, 3.63) is 35.9 Å². The highest BCUT2D eigenvalue weighted by Crippen LogP contribution is 2.25. The lowest BCUT2D eigenvalue weighted by molar-refractivity contribution is 0.149. The van der Waals surface area contributed by atoms with Crippen molar-refractivity contribution in [2.45, 2.75) is 25.2 Å². The molecule has 0 N–H and O–H groups in total. The lowest BCUT2D eigenvalue weighted by Crippen LogP contribution is -2.43. The fourth-order valence-corrected chi connectivity index (χ4v) is 1.30. The van der Waals surface area contributed by atoms with Gasteiger partial charge in [-0.1, -0.05) is 43.8 Å². The molecule has 0 heterocycles. The topological polar surface area (TPSA) is 0 Å². The molecule has 0 bridgehead atoms. The molecule has 0 atom stereocenters. The highest BCUT2D eigenvalue weighted by atomic mass is 28.3. The van der Waals surface area contributed by atoms with Crippen LogP contribution in [0.1, 0.15) is 5.56 Å². The fourth-order valence-electron chi connectivity index (χ4n) is 0.860. The van der Waals surface area contributed by atoms with E-state index in [1.54, 1.807) is 43.9 Å². The Kier molecular flexibility index (Phi) is 3.30. The van der Waals surface area contributed by atoms with Crippen molar-refractivity contribution < 1.29 is 8.78 Å². The Balaban J connectivity index is 2.92. The van der Waals surface area contributed by atoms with Crippen molar-refractivity contribution in [2.75, 3.05) is 0 Å². The van der Waals surface area contributed by atoms with E-state index in [4.69, 9.17) is 0 Å². The maximum Gasteiger partial charge on any atom is 0.286 e. The third kappa shape index (κ3) is 3.17.